The van der Waals surface area contributed by atoms with Crippen LogP contribution in [0, 0.1) is 0 Å². The molecule has 0 spiro atoms. The maximum Gasteiger partial charge on any atom is 0.138 e. The van der Waals surface area contributed by atoms with Gasteiger partial charge in [0.1, 0.15) is 11.2 Å². The highest BCUT2D eigenvalue weighted by Gasteiger charge is 2.22. The third-order valence-corrected chi connectivity index (χ3v) is 8.87. The summed E-state index contributed by atoms with van der Waals surface area (Å²) in [5.41, 5.74) is 9.19. The molecule has 3 nitrogen and oxygen atoms in total. The minimum Gasteiger partial charge on any atom is -0.456 e. The first kappa shape index (κ1) is 26.2. The number of benzene rings is 7. The van der Waals surface area contributed by atoms with E-state index < -0.39 is 0 Å². The molecule has 0 amide bonds. The molecular formula is C43H28N2O. The number of nitrogens with zero attached hydrogens (tertiary/aromatic N) is 2. The summed E-state index contributed by atoms with van der Waals surface area (Å²) in [4.78, 5) is 7.19. The van der Waals surface area contributed by atoms with Crippen LogP contribution in [0.5, 0.6) is 0 Å². The number of para-hydroxylation sites is 1. The van der Waals surface area contributed by atoms with Crippen LogP contribution in [-0.2, 0) is 0 Å². The van der Waals surface area contributed by atoms with Gasteiger partial charge in [0.15, 0.2) is 0 Å². The molecule has 0 bridgehead atoms. The van der Waals surface area contributed by atoms with E-state index in [2.05, 4.69) is 150 Å². The molecule has 9 aromatic rings. The van der Waals surface area contributed by atoms with Crippen molar-refractivity contribution in [1.82, 2.24) is 4.98 Å². The van der Waals surface area contributed by atoms with Crippen LogP contribution in [0.25, 0.3) is 65.9 Å². The predicted molar refractivity (Wildman–Crippen MR) is 192 cm³/mol. The molecular weight excluding hydrogens is 560 g/mol. The predicted octanol–water partition coefficient (Wildman–Crippen LogP) is 12.1. The number of hydrogen-bond acceptors (Lipinski definition) is 3. The van der Waals surface area contributed by atoms with Crippen molar-refractivity contribution in [2.45, 2.75) is 0 Å². The Hall–Kier alpha value is -6.19. The van der Waals surface area contributed by atoms with Crippen molar-refractivity contribution in [3.63, 3.8) is 0 Å². The number of fused-ring (bicyclic) bond motifs is 6. The van der Waals surface area contributed by atoms with Crippen molar-refractivity contribution in [2.24, 2.45) is 0 Å². The largest absolute Gasteiger partial charge is 0.456 e. The van der Waals surface area contributed by atoms with Crippen LogP contribution in [-0.4, -0.2) is 4.98 Å². The number of rotatable bonds is 5. The van der Waals surface area contributed by atoms with Crippen molar-refractivity contribution in [3.05, 3.63) is 170 Å². The quantitative estimate of drug-likeness (QED) is 0.200. The van der Waals surface area contributed by atoms with E-state index in [0.29, 0.717) is 0 Å². The van der Waals surface area contributed by atoms with Gasteiger partial charge in [0.25, 0.3) is 0 Å². The average molecular weight is 589 g/mol. The lowest BCUT2D eigenvalue weighted by Gasteiger charge is -2.27. The van der Waals surface area contributed by atoms with E-state index >= 15 is 0 Å². The van der Waals surface area contributed by atoms with Crippen LogP contribution < -0.4 is 4.90 Å². The topological polar surface area (TPSA) is 29.3 Å². The molecule has 0 fully saturated rings. The number of furan rings is 1. The van der Waals surface area contributed by atoms with E-state index in [0.717, 1.165) is 72.2 Å². The van der Waals surface area contributed by atoms with E-state index in [-0.39, 0.29) is 0 Å². The molecule has 0 aliphatic rings. The molecule has 3 heteroatoms. The van der Waals surface area contributed by atoms with Crippen LogP contribution in [0.1, 0.15) is 0 Å². The monoisotopic (exact) mass is 588 g/mol. The van der Waals surface area contributed by atoms with Crippen molar-refractivity contribution >= 4 is 60.5 Å². The maximum absolute atomic E-state index is 6.70. The molecule has 9 rings (SSSR count). The van der Waals surface area contributed by atoms with Crippen LogP contribution in [0.3, 0.4) is 0 Å². The molecule has 0 N–H and O–H groups in total. The molecule has 0 aliphatic carbocycles. The van der Waals surface area contributed by atoms with E-state index in [9.17, 15) is 0 Å². The first-order chi connectivity index (χ1) is 22.8. The third-order valence-electron chi connectivity index (χ3n) is 8.87. The summed E-state index contributed by atoms with van der Waals surface area (Å²) in [5.74, 6) is 0. The highest BCUT2D eigenvalue weighted by atomic mass is 16.3. The fraction of sp³-hybridized carbons (Fsp3) is 0. The smallest absolute Gasteiger partial charge is 0.138 e. The molecule has 0 radical (unpaired) electrons. The second-order valence-electron chi connectivity index (χ2n) is 11.6. The van der Waals surface area contributed by atoms with Crippen LogP contribution in [0.4, 0.5) is 17.1 Å². The minimum absolute atomic E-state index is 0.853. The number of anilines is 3. The highest BCUT2D eigenvalue weighted by Crippen LogP contribution is 2.46. The second-order valence-corrected chi connectivity index (χ2v) is 11.6. The van der Waals surface area contributed by atoms with E-state index in [1.165, 1.54) is 10.8 Å². The zero-order valence-corrected chi connectivity index (χ0v) is 25.0. The minimum atomic E-state index is 0.853. The molecule has 7 aromatic carbocycles. The molecule has 0 saturated heterocycles. The summed E-state index contributed by atoms with van der Waals surface area (Å²) < 4.78 is 6.70. The van der Waals surface area contributed by atoms with Crippen LogP contribution in [0.2, 0.25) is 0 Å². The lowest BCUT2D eigenvalue weighted by Crippen LogP contribution is -2.10. The van der Waals surface area contributed by atoms with Gasteiger partial charge in [-0.05, 0) is 58.1 Å². The number of aromatic nitrogens is 1. The molecule has 46 heavy (non-hydrogen) atoms. The van der Waals surface area contributed by atoms with Crippen molar-refractivity contribution in [1.29, 1.82) is 0 Å². The van der Waals surface area contributed by atoms with Crippen molar-refractivity contribution in [3.8, 4) is 22.4 Å². The third kappa shape index (κ3) is 4.33. The molecule has 0 unspecified atom stereocenters. The Kier molecular flexibility index (Phi) is 6.14. The Morgan fingerprint density at radius 3 is 2.00 bits per heavy atom. The Labute approximate surface area is 266 Å². The van der Waals surface area contributed by atoms with Crippen molar-refractivity contribution in [2.75, 3.05) is 4.90 Å². The molecule has 0 saturated carbocycles. The van der Waals surface area contributed by atoms with Gasteiger partial charge in [0.05, 0.1) is 11.4 Å². The fourth-order valence-electron chi connectivity index (χ4n) is 6.74. The number of pyridine rings is 1. The van der Waals surface area contributed by atoms with Gasteiger partial charge in [-0.2, -0.15) is 0 Å². The average Bonchev–Trinajstić information content (AvgIpc) is 3.52. The summed E-state index contributed by atoms with van der Waals surface area (Å²) in [6, 6.07) is 57.5. The summed E-state index contributed by atoms with van der Waals surface area (Å²) in [6.45, 7) is 0. The molecule has 216 valence electrons. The van der Waals surface area contributed by atoms with E-state index in [1.54, 1.807) is 0 Å². The van der Waals surface area contributed by atoms with Gasteiger partial charge in [0.2, 0.25) is 0 Å². The Morgan fingerprint density at radius 2 is 1.20 bits per heavy atom. The van der Waals surface area contributed by atoms with E-state index in [1.807, 2.05) is 24.4 Å². The van der Waals surface area contributed by atoms with Gasteiger partial charge >= 0.3 is 0 Å². The lowest BCUT2D eigenvalue weighted by atomic mass is 9.96. The second kappa shape index (κ2) is 10.8. The lowest BCUT2D eigenvalue weighted by molar-refractivity contribution is 0.669. The summed E-state index contributed by atoms with van der Waals surface area (Å²) in [5, 5.41) is 6.94. The summed E-state index contributed by atoms with van der Waals surface area (Å²) in [7, 11) is 0. The molecule has 2 heterocycles. The van der Waals surface area contributed by atoms with Gasteiger partial charge in [-0.3, -0.25) is 4.98 Å². The van der Waals surface area contributed by atoms with Gasteiger partial charge in [-0.25, -0.2) is 0 Å². The molecule has 0 atom stereocenters. The molecule has 0 aliphatic heterocycles. The standard InChI is InChI=1S/C43H28N2O/c1-3-13-30(14-4-1)38-25-23-32(28-44-38)35-20-11-21-40-42(35)43-37-19-10-9-18-36(37)39(27-41(43)46-40)45(33-16-5-2-6-17-33)34-24-22-29-12-7-8-15-31(29)26-34/h1-28H. The van der Waals surface area contributed by atoms with Crippen molar-refractivity contribution < 1.29 is 4.42 Å². The zero-order chi connectivity index (χ0) is 30.5. The normalized spacial score (nSPS) is 11.5. The Bertz CT molecular complexity index is 2520. The van der Waals surface area contributed by atoms with Crippen LogP contribution in [0.15, 0.2) is 174 Å². The van der Waals surface area contributed by atoms with Gasteiger partial charge in [-0.15, -0.1) is 0 Å². The SMILES string of the molecule is c1ccc(-c2ccc(-c3cccc4oc5cc(N(c6ccccc6)c6ccc7ccccc7c6)c6ccccc6c5c34)cn2)cc1. The fourth-order valence-corrected chi connectivity index (χ4v) is 6.74. The Balaban J connectivity index is 1.28. The van der Waals surface area contributed by atoms with Gasteiger partial charge in [-0.1, -0.05) is 121 Å². The van der Waals surface area contributed by atoms with Gasteiger partial charge < -0.3 is 9.32 Å². The summed E-state index contributed by atoms with van der Waals surface area (Å²) >= 11 is 0. The first-order valence-corrected chi connectivity index (χ1v) is 15.5. The number of hydrogen-bond donors (Lipinski definition) is 0. The highest BCUT2D eigenvalue weighted by molar-refractivity contribution is 6.25. The maximum atomic E-state index is 6.70. The molecule has 2 aromatic heterocycles. The van der Waals surface area contributed by atoms with Crippen LogP contribution >= 0.6 is 0 Å². The Morgan fingerprint density at radius 1 is 0.457 bits per heavy atom. The summed E-state index contributed by atoms with van der Waals surface area (Å²) in [6.07, 6.45) is 1.98. The van der Waals surface area contributed by atoms with E-state index in [4.69, 9.17) is 9.40 Å². The first-order valence-electron chi connectivity index (χ1n) is 15.5. The zero-order valence-electron chi connectivity index (χ0n) is 25.0. The van der Waals surface area contributed by atoms with Gasteiger partial charge in [0, 0.05) is 50.9 Å².